The summed E-state index contributed by atoms with van der Waals surface area (Å²) in [6, 6.07) is 64.8. The SMILES string of the molecule is c1ccc(-c2nc3c(ccc4sc5cc(N(c6ccc(-c7ccccc7-c7ccccc7)cc6)c6cccc7oc8ccccc8c67)ccc5c43)s2)cc1. The van der Waals surface area contributed by atoms with E-state index in [1.807, 2.05) is 23.5 Å². The molecule has 8 aromatic carbocycles. The van der Waals surface area contributed by atoms with Crippen LogP contribution in [0.1, 0.15) is 0 Å². The average molecular weight is 727 g/mol. The van der Waals surface area contributed by atoms with Crippen LogP contribution in [0.5, 0.6) is 0 Å². The van der Waals surface area contributed by atoms with Crippen LogP contribution in [-0.4, -0.2) is 4.98 Å². The fraction of sp³-hybridized carbons (Fsp3) is 0. The van der Waals surface area contributed by atoms with E-state index in [0.717, 1.165) is 55.1 Å². The monoisotopic (exact) mass is 726 g/mol. The van der Waals surface area contributed by atoms with Gasteiger partial charge in [0.15, 0.2) is 0 Å². The van der Waals surface area contributed by atoms with Crippen molar-refractivity contribution < 1.29 is 4.42 Å². The molecule has 0 bridgehead atoms. The lowest BCUT2D eigenvalue weighted by Gasteiger charge is -2.26. The number of benzene rings is 8. The molecule has 254 valence electrons. The molecule has 0 amide bonds. The first kappa shape index (κ1) is 31.0. The highest BCUT2D eigenvalue weighted by atomic mass is 32.1. The summed E-state index contributed by atoms with van der Waals surface area (Å²) in [5, 5.41) is 5.71. The summed E-state index contributed by atoms with van der Waals surface area (Å²) < 4.78 is 10.1. The van der Waals surface area contributed by atoms with Crippen molar-refractivity contribution in [2.75, 3.05) is 4.90 Å². The average Bonchev–Trinajstić information content (AvgIpc) is 3.95. The van der Waals surface area contributed by atoms with Gasteiger partial charge in [-0.1, -0.05) is 127 Å². The van der Waals surface area contributed by atoms with Gasteiger partial charge < -0.3 is 9.32 Å². The fourth-order valence-electron chi connectivity index (χ4n) is 7.85. The van der Waals surface area contributed by atoms with Gasteiger partial charge in [0.2, 0.25) is 0 Å². The molecule has 3 aromatic heterocycles. The van der Waals surface area contributed by atoms with Crippen molar-refractivity contribution in [2.24, 2.45) is 0 Å². The number of aromatic nitrogens is 1. The summed E-state index contributed by atoms with van der Waals surface area (Å²) in [5.41, 5.74) is 12.0. The Balaban J connectivity index is 1.09. The van der Waals surface area contributed by atoms with Crippen LogP contribution in [0.2, 0.25) is 0 Å². The zero-order chi connectivity index (χ0) is 35.6. The molecule has 0 aliphatic carbocycles. The smallest absolute Gasteiger partial charge is 0.137 e. The lowest BCUT2D eigenvalue weighted by molar-refractivity contribution is 0.669. The number of thiophene rings is 1. The van der Waals surface area contributed by atoms with Crippen LogP contribution in [0, 0.1) is 0 Å². The van der Waals surface area contributed by atoms with E-state index in [9.17, 15) is 0 Å². The molecule has 0 atom stereocenters. The molecular weight excluding hydrogens is 697 g/mol. The van der Waals surface area contributed by atoms with E-state index in [1.165, 1.54) is 47.1 Å². The van der Waals surface area contributed by atoms with Crippen LogP contribution in [0.25, 0.3) is 85.2 Å². The molecule has 0 saturated heterocycles. The zero-order valence-corrected chi connectivity index (χ0v) is 30.6. The van der Waals surface area contributed by atoms with E-state index in [-0.39, 0.29) is 0 Å². The number of thiazole rings is 1. The van der Waals surface area contributed by atoms with E-state index in [4.69, 9.17) is 9.40 Å². The van der Waals surface area contributed by atoms with Crippen LogP contribution in [0.15, 0.2) is 186 Å². The van der Waals surface area contributed by atoms with Gasteiger partial charge in [-0.2, -0.15) is 0 Å². The van der Waals surface area contributed by atoms with Crippen molar-refractivity contribution in [3.63, 3.8) is 0 Å². The van der Waals surface area contributed by atoms with E-state index in [0.29, 0.717) is 0 Å². The Hall–Kier alpha value is -6.53. The van der Waals surface area contributed by atoms with Crippen molar-refractivity contribution in [1.29, 1.82) is 0 Å². The minimum Gasteiger partial charge on any atom is -0.456 e. The first-order valence-corrected chi connectivity index (χ1v) is 19.7. The first-order valence-electron chi connectivity index (χ1n) is 18.0. The Kier molecular flexibility index (Phi) is 7.22. The van der Waals surface area contributed by atoms with Crippen LogP contribution < -0.4 is 4.90 Å². The molecule has 11 aromatic rings. The lowest BCUT2D eigenvalue weighted by Crippen LogP contribution is -2.10. The van der Waals surface area contributed by atoms with Crippen molar-refractivity contribution >= 4 is 92.1 Å². The maximum Gasteiger partial charge on any atom is 0.137 e. The summed E-state index contributed by atoms with van der Waals surface area (Å²) >= 11 is 3.59. The number of anilines is 3. The second-order valence-electron chi connectivity index (χ2n) is 13.5. The minimum atomic E-state index is 0.871. The second-order valence-corrected chi connectivity index (χ2v) is 15.6. The van der Waals surface area contributed by atoms with Gasteiger partial charge in [0.05, 0.1) is 21.3 Å². The lowest BCUT2D eigenvalue weighted by atomic mass is 9.94. The van der Waals surface area contributed by atoms with E-state index in [1.54, 1.807) is 11.3 Å². The Bertz CT molecular complexity index is 3160. The molecule has 11 rings (SSSR count). The number of hydrogen-bond acceptors (Lipinski definition) is 5. The molecular formula is C49H30N2OS2. The highest BCUT2D eigenvalue weighted by Crippen LogP contribution is 2.47. The Morgan fingerprint density at radius 3 is 1.87 bits per heavy atom. The molecule has 3 heterocycles. The molecule has 0 aliphatic heterocycles. The summed E-state index contributed by atoms with van der Waals surface area (Å²) in [4.78, 5) is 7.59. The molecule has 0 unspecified atom stereocenters. The van der Waals surface area contributed by atoms with Gasteiger partial charge in [0.1, 0.15) is 16.2 Å². The zero-order valence-electron chi connectivity index (χ0n) is 28.9. The van der Waals surface area contributed by atoms with Crippen molar-refractivity contribution in [2.45, 2.75) is 0 Å². The highest BCUT2D eigenvalue weighted by molar-refractivity contribution is 7.26. The number of hydrogen-bond donors (Lipinski definition) is 0. The third kappa shape index (κ3) is 5.05. The quantitative estimate of drug-likeness (QED) is 0.171. The van der Waals surface area contributed by atoms with Gasteiger partial charge in [-0.05, 0) is 76.9 Å². The van der Waals surface area contributed by atoms with Crippen LogP contribution in [-0.2, 0) is 0 Å². The molecule has 0 saturated carbocycles. The van der Waals surface area contributed by atoms with Crippen molar-refractivity contribution in [3.05, 3.63) is 182 Å². The first-order chi connectivity index (χ1) is 26.8. The molecule has 54 heavy (non-hydrogen) atoms. The van der Waals surface area contributed by atoms with Crippen molar-refractivity contribution in [3.8, 4) is 32.8 Å². The van der Waals surface area contributed by atoms with Gasteiger partial charge in [0.25, 0.3) is 0 Å². The van der Waals surface area contributed by atoms with Crippen molar-refractivity contribution in [1.82, 2.24) is 4.98 Å². The Morgan fingerprint density at radius 1 is 0.426 bits per heavy atom. The Labute approximate surface area is 319 Å². The van der Waals surface area contributed by atoms with Crippen LogP contribution >= 0.6 is 22.7 Å². The van der Waals surface area contributed by atoms with Gasteiger partial charge in [-0.3, -0.25) is 0 Å². The van der Waals surface area contributed by atoms with Gasteiger partial charge in [0, 0.05) is 42.5 Å². The maximum atomic E-state index is 6.40. The van der Waals surface area contributed by atoms with Gasteiger partial charge in [-0.25, -0.2) is 4.98 Å². The molecule has 0 aliphatic rings. The minimum absolute atomic E-state index is 0.871. The molecule has 0 N–H and O–H groups in total. The van der Waals surface area contributed by atoms with Gasteiger partial charge >= 0.3 is 0 Å². The second kappa shape index (κ2) is 12.6. The summed E-state index contributed by atoms with van der Waals surface area (Å²) in [6.07, 6.45) is 0. The largest absolute Gasteiger partial charge is 0.456 e. The van der Waals surface area contributed by atoms with Crippen LogP contribution in [0.3, 0.4) is 0 Å². The number of nitrogens with zero attached hydrogens (tertiary/aromatic N) is 2. The van der Waals surface area contributed by atoms with E-state index in [2.05, 4.69) is 175 Å². The predicted molar refractivity (Wildman–Crippen MR) is 231 cm³/mol. The normalized spacial score (nSPS) is 11.7. The number of para-hydroxylation sites is 1. The summed E-state index contributed by atoms with van der Waals surface area (Å²) in [7, 11) is 0. The van der Waals surface area contributed by atoms with Crippen LogP contribution in [0.4, 0.5) is 17.1 Å². The number of fused-ring (bicyclic) bond motifs is 8. The highest BCUT2D eigenvalue weighted by Gasteiger charge is 2.21. The van der Waals surface area contributed by atoms with E-state index >= 15 is 0 Å². The fourth-order valence-corrected chi connectivity index (χ4v) is 9.97. The topological polar surface area (TPSA) is 29.3 Å². The van der Waals surface area contributed by atoms with E-state index < -0.39 is 0 Å². The van der Waals surface area contributed by atoms with Gasteiger partial charge in [-0.15, -0.1) is 22.7 Å². The summed E-state index contributed by atoms with van der Waals surface area (Å²) in [6.45, 7) is 0. The standard InChI is InChI=1S/C49H30N2OS2/c1-3-12-31(13-4-1)36-16-7-8-17-37(36)32-22-24-34(25-23-32)51(40-19-11-21-42-46(40)38-18-9-10-20-41(38)52-42)35-26-27-39-45(30-35)53-43-28-29-44-48(47(39)43)50-49(54-44)33-14-5-2-6-15-33/h1-30H. The Morgan fingerprint density at radius 2 is 1.07 bits per heavy atom. The number of furan rings is 1. The molecule has 0 spiro atoms. The molecule has 0 radical (unpaired) electrons. The predicted octanol–water partition coefficient (Wildman–Crippen LogP) is 15.0. The third-order valence-corrected chi connectivity index (χ3v) is 12.5. The maximum absolute atomic E-state index is 6.40. The molecule has 0 fully saturated rings. The third-order valence-electron chi connectivity index (χ3n) is 10.3. The molecule has 3 nitrogen and oxygen atoms in total. The number of rotatable bonds is 6. The summed E-state index contributed by atoms with van der Waals surface area (Å²) in [5.74, 6) is 0. The molecule has 5 heteroatoms.